The van der Waals surface area contributed by atoms with Gasteiger partial charge in [0.05, 0.1) is 7.11 Å². The minimum atomic E-state index is -0.460. The normalized spacial score (nSPS) is 10.0. The van der Waals surface area contributed by atoms with Crippen molar-refractivity contribution >= 4 is 11.9 Å². The highest BCUT2D eigenvalue weighted by molar-refractivity contribution is 5.89. The lowest BCUT2D eigenvalue weighted by atomic mass is 10.0. The van der Waals surface area contributed by atoms with E-state index in [0.717, 1.165) is 16.7 Å². The van der Waals surface area contributed by atoms with Crippen LogP contribution >= 0.6 is 0 Å². The summed E-state index contributed by atoms with van der Waals surface area (Å²) in [7, 11) is 1.56. The van der Waals surface area contributed by atoms with Gasteiger partial charge < -0.3 is 14.2 Å². The Labute approximate surface area is 158 Å². The zero-order chi connectivity index (χ0) is 20.0. The van der Waals surface area contributed by atoms with E-state index in [2.05, 4.69) is 13.2 Å². The minimum absolute atomic E-state index is 0.102. The molecule has 0 amide bonds. The second-order valence-corrected chi connectivity index (χ2v) is 6.08. The predicted molar refractivity (Wildman–Crippen MR) is 103 cm³/mol. The van der Waals surface area contributed by atoms with Crippen LogP contribution in [-0.2, 0) is 20.9 Å². The van der Waals surface area contributed by atoms with E-state index in [4.69, 9.17) is 14.2 Å². The highest BCUT2D eigenvalue weighted by Crippen LogP contribution is 2.29. The van der Waals surface area contributed by atoms with Crippen LogP contribution in [0, 0.1) is 0 Å². The fourth-order valence-electron chi connectivity index (χ4n) is 2.22. The summed E-state index contributed by atoms with van der Waals surface area (Å²) in [6, 6.07) is 12.7. The fourth-order valence-corrected chi connectivity index (χ4v) is 2.22. The van der Waals surface area contributed by atoms with Crippen LogP contribution in [-0.4, -0.2) is 19.0 Å². The first kappa shape index (κ1) is 20.0. The van der Waals surface area contributed by atoms with Crippen LogP contribution in [0.25, 0.3) is 11.1 Å². The number of carbonyl (C=O) groups is 2. The summed E-state index contributed by atoms with van der Waals surface area (Å²) in [5.41, 5.74) is 3.28. The molecule has 0 atom stereocenters. The maximum Gasteiger partial charge on any atom is 0.338 e. The van der Waals surface area contributed by atoms with Gasteiger partial charge in [-0.3, -0.25) is 0 Å². The highest BCUT2D eigenvalue weighted by atomic mass is 16.5. The second-order valence-electron chi connectivity index (χ2n) is 6.08. The maximum atomic E-state index is 11.6. The number of benzene rings is 2. The number of hydrogen-bond acceptors (Lipinski definition) is 5. The lowest BCUT2D eigenvalue weighted by Gasteiger charge is -2.12. The standard InChI is InChI=1S/C22H22O5/c1-14(2)21(23)26-13-18-7-6-17(12-20(18)25-5)16-8-10-19(11-9-16)27-22(24)15(3)4/h6-12H,1,3,13H2,2,4-5H3. The summed E-state index contributed by atoms with van der Waals surface area (Å²) >= 11 is 0. The third-order valence-corrected chi connectivity index (χ3v) is 3.74. The van der Waals surface area contributed by atoms with Crippen molar-refractivity contribution in [1.29, 1.82) is 0 Å². The Kier molecular flexibility index (Phi) is 6.55. The van der Waals surface area contributed by atoms with Gasteiger partial charge >= 0.3 is 11.9 Å². The zero-order valence-electron chi connectivity index (χ0n) is 15.7. The molecule has 0 saturated carbocycles. The molecule has 2 aromatic rings. The van der Waals surface area contributed by atoms with Crippen LogP contribution in [0.5, 0.6) is 11.5 Å². The summed E-state index contributed by atoms with van der Waals surface area (Å²) in [4.78, 5) is 23.1. The molecule has 140 valence electrons. The van der Waals surface area contributed by atoms with Crippen LogP contribution < -0.4 is 9.47 Å². The van der Waals surface area contributed by atoms with Gasteiger partial charge in [0.15, 0.2) is 0 Å². The molecular weight excluding hydrogens is 344 g/mol. The van der Waals surface area contributed by atoms with Gasteiger partial charge in [0.25, 0.3) is 0 Å². The van der Waals surface area contributed by atoms with Gasteiger partial charge in [-0.1, -0.05) is 37.4 Å². The Bertz CT molecular complexity index is 878. The van der Waals surface area contributed by atoms with E-state index in [9.17, 15) is 9.59 Å². The summed E-state index contributed by atoms with van der Waals surface area (Å²) < 4.78 is 15.8. The molecule has 0 heterocycles. The molecule has 0 bridgehead atoms. The number of methoxy groups -OCH3 is 1. The van der Waals surface area contributed by atoms with Crippen molar-refractivity contribution in [3.8, 4) is 22.6 Å². The first-order valence-electron chi connectivity index (χ1n) is 8.29. The van der Waals surface area contributed by atoms with Gasteiger partial charge in [-0.25, -0.2) is 9.59 Å². The quantitative estimate of drug-likeness (QED) is 0.411. The lowest BCUT2D eigenvalue weighted by Crippen LogP contribution is -2.07. The van der Waals surface area contributed by atoms with Gasteiger partial charge in [-0.05, 0) is 43.2 Å². The molecule has 27 heavy (non-hydrogen) atoms. The third kappa shape index (κ3) is 5.31. The van der Waals surface area contributed by atoms with E-state index in [1.54, 1.807) is 33.1 Å². The zero-order valence-corrected chi connectivity index (χ0v) is 15.7. The summed E-state index contributed by atoms with van der Waals surface area (Å²) in [6.45, 7) is 10.4. The first-order chi connectivity index (χ1) is 12.8. The molecule has 2 rings (SSSR count). The number of esters is 2. The Morgan fingerprint density at radius 1 is 0.889 bits per heavy atom. The second kappa shape index (κ2) is 8.85. The van der Waals surface area contributed by atoms with E-state index in [-0.39, 0.29) is 6.61 Å². The molecule has 0 aliphatic rings. The predicted octanol–water partition coefficient (Wildman–Crippen LogP) is 4.46. The molecule has 2 aromatic carbocycles. The molecule has 0 spiro atoms. The topological polar surface area (TPSA) is 61.8 Å². The summed E-state index contributed by atoms with van der Waals surface area (Å²) in [5.74, 6) is 0.154. The Hall–Kier alpha value is -3.34. The van der Waals surface area contributed by atoms with Crippen molar-refractivity contribution < 1.29 is 23.8 Å². The minimum Gasteiger partial charge on any atom is -0.496 e. The van der Waals surface area contributed by atoms with Crippen LogP contribution in [0.4, 0.5) is 0 Å². The summed E-state index contributed by atoms with van der Waals surface area (Å²) in [5, 5.41) is 0. The van der Waals surface area contributed by atoms with Gasteiger partial charge in [0.1, 0.15) is 18.1 Å². The van der Waals surface area contributed by atoms with E-state index in [1.165, 1.54) is 0 Å². The van der Waals surface area contributed by atoms with E-state index >= 15 is 0 Å². The monoisotopic (exact) mass is 366 g/mol. The van der Waals surface area contributed by atoms with Crippen molar-refractivity contribution in [2.45, 2.75) is 20.5 Å². The molecule has 0 aliphatic heterocycles. The van der Waals surface area contributed by atoms with Crippen LogP contribution in [0.2, 0.25) is 0 Å². The van der Waals surface area contributed by atoms with E-state index in [1.807, 2.05) is 30.3 Å². The molecule has 5 heteroatoms. The number of carbonyl (C=O) groups excluding carboxylic acids is 2. The van der Waals surface area contributed by atoms with Crippen LogP contribution in [0.1, 0.15) is 19.4 Å². The van der Waals surface area contributed by atoms with E-state index < -0.39 is 11.9 Å². The Balaban J connectivity index is 2.16. The average molecular weight is 366 g/mol. The van der Waals surface area contributed by atoms with Crippen molar-refractivity contribution in [1.82, 2.24) is 0 Å². The van der Waals surface area contributed by atoms with Gasteiger partial charge in [-0.2, -0.15) is 0 Å². The van der Waals surface area contributed by atoms with Crippen molar-refractivity contribution in [2.75, 3.05) is 7.11 Å². The Morgan fingerprint density at radius 2 is 1.48 bits per heavy atom. The van der Waals surface area contributed by atoms with Crippen LogP contribution in [0.3, 0.4) is 0 Å². The largest absolute Gasteiger partial charge is 0.496 e. The molecule has 0 radical (unpaired) electrons. The molecular formula is C22H22O5. The molecule has 0 N–H and O–H groups in total. The number of hydrogen-bond donors (Lipinski definition) is 0. The van der Waals surface area contributed by atoms with Crippen molar-refractivity contribution in [3.05, 3.63) is 72.3 Å². The lowest BCUT2D eigenvalue weighted by molar-refractivity contribution is -0.140. The van der Waals surface area contributed by atoms with Gasteiger partial charge in [0, 0.05) is 16.7 Å². The van der Waals surface area contributed by atoms with Gasteiger partial charge in [0.2, 0.25) is 0 Å². The molecule has 0 unspecified atom stereocenters. The maximum absolute atomic E-state index is 11.6. The average Bonchev–Trinajstić information content (AvgIpc) is 2.66. The first-order valence-corrected chi connectivity index (χ1v) is 8.29. The van der Waals surface area contributed by atoms with Crippen LogP contribution in [0.15, 0.2) is 66.8 Å². The van der Waals surface area contributed by atoms with E-state index in [0.29, 0.717) is 22.6 Å². The van der Waals surface area contributed by atoms with Crippen molar-refractivity contribution in [2.24, 2.45) is 0 Å². The van der Waals surface area contributed by atoms with Gasteiger partial charge in [-0.15, -0.1) is 0 Å². The summed E-state index contributed by atoms with van der Waals surface area (Å²) in [6.07, 6.45) is 0. The molecule has 0 fully saturated rings. The highest BCUT2D eigenvalue weighted by Gasteiger charge is 2.10. The number of rotatable bonds is 7. The molecule has 0 aromatic heterocycles. The SMILES string of the molecule is C=C(C)C(=O)OCc1ccc(-c2ccc(OC(=O)C(=C)C)cc2)cc1OC. The number of ether oxygens (including phenoxy) is 3. The Morgan fingerprint density at radius 3 is 2.04 bits per heavy atom. The van der Waals surface area contributed by atoms with Crippen molar-refractivity contribution in [3.63, 3.8) is 0 Å². The molecule has 0 aliphatic carbocycles. The third-order valence-electron chi connectivity index (χ3n) is 3.74. The smallest absolute Gasteiger partial charge is 0.338 e. The fraction of sp³-hybridized carbons (Fsp3) is 0.182. The molecule has 5 nitrogen and oxygen atoms in total. The molecule has 0 saturated heterocycles.